The predicted molar refractivity (Wildman–Crippen MR) is 114 cm³/mol. The molecule has 5 rings (SSSR count). The smallest absolute Gasteiger partial charge is 0.227 e. The van der Waals surface area contributed by atoms with Crippen molar-refractivity contribution in [2.24, 2.45) is 0 Å². The second kappa shape index (κ2) is 6.31. The van der Waals surface area contributed by atoms with Gasteiger partial charge in [-0.1, -0.05) is 48.0 Å². The highest BCUT2D eigenvalue weighted by atomic mass is 16.3. The van der Waals surface area contributed by atoms with E-state index in [0.717, 1.165) is 44.4 Å². The molecule has 0 aliphatic heterocycles. The standard InChI is InChI=1S/C25H20N2O/c1-15-4-8-18(9-5-15)19-10-13-22(26-14-19)23-16(2)6-11-20-21-12-7-17(3)27-25(21)28-24(20)23/h4-14H,1-3H3. The van der Waals surface area contributed by atoms with Gasteiger partial charge in [0.2, 0.25) is 5.71 Å². The van der Waals surface area contributed by atoms with Gasteiger partial charge in [0.25, 0.3) is 0 Å². The Labute approximate surface area is 163 Å². The summed E-state index contributed by atoms with van der Waals surface area (Å²) in [5.74, 6) is 0. The molecule has 0 fully saturated rings. The van der Waals surface area contributed by atoms with Crippen molar-refractivity contribution in [2.45, 2.75) is 20.8 Å². The van der Waals surface area contributed by atoms with E-state index in [4.69, 9.17) is 9.40 Å². The second-order valence-electron chi connectivity index (χ2n) is 7.34. The van der Waals surface area contributed by atoms with Crippen LogP contribution in [0.2, 0.25) is 0 Å². The number of pyridine rings is 2. The van der Waals surface area contributed by atoms with Crippen LogP contribution < -0.4 is 0 Å². The third-order valence-corrected chi connectivity index (χ3v) is 5.26. The van der Waals surface area contributed by atoms with Crippen LogP contribution in [0.1, 0.15) is 16.8 Å². The topological polar surface area (TPSA) is 38.9 Å². The number of hydrogen-bond acceptors (Lipinski definition) is 3. The molecule has 2 aromatic carbocycles. The first-order valence-corrected chi connectivity index (χ1v) is 9.43. The van der Waals surface area contributed by atoms with Crippen LogP contribution in [0, 0.1) is 20.8 Å². The molecule has 3 nitrogen and oxygen atoms in total. The Balaban J connectivity index is 1.67. The van der Waals surface area contributed by atoms with Crippen LogP contribution in [-0.4, -0.2) is 9.97 Å². The van der Waals surface area contributed by atoms with Crippen LogP contribution in [-0.2, 0) is 0 Å². The van der Waals surface area contributed by atoms with Crippen LogP contribution in [0.3, 0.4) is 0 Å². The normalized spacial score (nSPS) is 11.4. The molecule has 0 atom stereocenters. The van der Waals surface area contributed by atoms with E-state index in [2.05, 4.69) is 73.4 Å². The predicted octanol–water partition coefficient (Wildman–Crippen LogP) is 6.64. The largest absolute Gasteiger partial charge is 0.437 e. The van der Waals surface area contributed by atoms with Crippen molar-refractivity contribution >= 4 is 22.1 Å². The van der Waals surface area contributed by atoms with E-state index in [0.29, 0.717) is 5.71 Å². The molecule has 0 radical (unpaired) electrons. The Morgan fingerprint density at radius 1 is 0.714 bits per heavy atom. The SMILES string of the molecule is Cc1ccc(-c2ccc(-c3c(C)ccc4c3oc3nc(C)ccc34)nc2)cc1. The lowest BCUT2D eigenvalue weighted by molar-refractivity contribution is 0.653. The van der Waals surface area contributed by atoms with Gasteiger partial charge < -0.3 is 4.42 Å². The Morgan fingerprint density at radius 3 is 2.21 bits per heavy atom. The average molecular weight is 364 g/mol. The van der Waals surface area contributed by atoms with Crippen molar-refractivity contribution in [1.29, 1.82) is 0 Å². The molecule has 0 N–H and O–H groups in total. The van der Waals surface area contributed by atoms with E-state index in [1.165, 1.54) is 11.1 Å². The summed E-state index contributed by atoms with van der Waals surface area (Å²) in [4.78, 5) is 9.32. The maximum atomic E-state index is 6.18. The van der Waals surface area contributed by atoms with Gasteiger partial charge in [-0.05, 0) is 50.1 Å². The van der Waals surface area contributed by atoms with Gasteiger partial charge in [0, 0.05) is 33.8 Å². The molecule has 3 aromatic heterocycles. The molecule has 3 heteroatoms. The molecule has 0 unspecified atom stereocenters. The van der Waals surface area contributed by atoms with Crippen LogP contribution in [0.5, 0.6) is 0 Å². The lowest BCUT2D eigenvalue weighted by Gasteiger charge is -2.08. The van der Waals surface area contributed by atoms with Gasteiger partial charge in [0.15, 0.2) is 0 Å². The van der Waals surface area contributed by atoms with Crippen LogP contribution in [0.15, 0.2) is 71.3 Å². The van der Waals surface area contributed by atoms with E-state index < -0.39 is 0 Å². The first-order valence-electron chi connectivity index (χ1n) is 9.43. The van der Waals surface area contributed by atoms with Gasteiger partial charge in [-0.15, -0.1) is 0 Å². The molecule has 28 heavy (non-hydrogen) atoms. The molecule has 0 spiro atoms. The van der Waals surface area contributed by atoms with Crippen molar-refractivity contribution in [1.82, 2.24) is 9.97 Å². The Bertz CT molecular complexity index is 1310. The summed E-state index contributed by atoms with van der Waals surface area (Å²) in [6.45, 7) is 6.17. The summed E-state index contributed by atoms with van der Waals surface area (Å²) in [5, 5.41) is 2.12. The van der Waals surface area contributed by atoms with Crippen molar-refractivity contribution in [3.63, 3.8) is 0 Å². The third kappa shape index (κ3) is 2.67. The van der Waals surface area contributed by atoms with E-state index in [1.807, 2.05) is 19.2 Å². The molecule has 0 amide bonds. The molecule has 0 saturated heterocycles. The maximum absolute atomic E-state index is 6.18. The summed E-state index contributed by atoms with van der Waals surface area (Å²) in [6, 6.07) is 21.0. The fourth-order valence-electron chi connectivity index (χ4n) is 3.69. The average Bonchev–Trinajstić information content (AvgIpc) is 3.06. The minimum absolute atomic E-state index is 0.679. The molecular weight excluding hydrogens is 344 g/mol. The van der Waals surface area contributed by atoms with E-state index >= 15 is 0 Å². The Kier molecular flexibility index (Phi) is 3.76. The molecule has 0 aliphatic rings. The van der Waals surface area contributed by atoms with Crippen LogP contribution in [0.25, 0.3) is 44.5 Å². The van der Waals surface area contributed by atoms with E-state index in [-0.39, 0.29) is 0 Å². The van der Waals surface area contributed by atoms with Crippen molar-refractivity contribution in [3.05, 3.63) is 83.7 Å². The summed E-state index contributed by atoms with van der Waals surface area (Å²) >= 11 is 0. The summed E-state index contributed by atoms with van der Waals surface area (Å²) in [7, 11) is 0. The van der Waals surface area contributed by atoms with Gasteiger partial charge >= 0.3 is 0 Å². The number of furan rings is 1. The van der Waals surface area contributed by atoms with Gasteiger partial charge in [0.1, 0.15) is 5.58 Å². The minimum atomic E-state index is 0.679. The number of rotatable bonds is 2. The first kappa shape index (κ1) is 16.7. The maximum Gasteiger partial charge on any atom is 0.227 e. The lowest BCUT2D eigenvalue weighted by Crippen LogP contribution is -1.89. The minimum Gasteiger partial charge on any atom is -0.437 e. The zero-order valence-electron chi connectivity index (χ0n) is 16.2. The van der Waals surface area contributed by atoms with Crippen molar-refractivity contribution in [2.75, 3.05) is 0 Å². The zero-order chi connectivity index (χ0) is 19.3. The number of benzene rings is 2. The van der Waals surface area contributed by atoms with Gasteiger partial charge in [0.05, 0.1) is 5.69 Å². The van der Waals surface area contributed by atoms with Gasteiger partial charge in [-0.3, -0.25) is 4.98 Å². The van der Waals surface area contributed by atoms with Crippen LogP contribution in [0.4, 0.5) is 0 Å². The number of fused-ring (bicyclic) bond motifs is 3. The summed E-state index contributed by atoms with van der Waals surface area (Å²) in [6.07, 6.45) is 1.93. The molecule has 136 valence electrons. The molecule has 0 saturated carbocycles. The molecule has 5 aromatic rings. The molecule has 0 bridgehead atoms. The highest BCUT2D eigenvalue weighted by molar-refractivity contribution is 6.09. The molecule has 0 aliphatic carbocycles. The molecule has 3 heterocycles. The highest BCUT2D eigenvalue weighted by Gasteiger charge is 2.16. The Morgan fingerprint density at radius 2 is 1.46 bits per heavy atom. The lowest BCUT2D eigenvalue weighted by atomic mass is 10.00. The monoisotopic (exact) mass is 364 g/mol. The second-order valence-corrected chi connectivity index (χ2v) is 7.34. The first-order chi connectivity index (χ1) is 13.6. The van der Waals surface area contributed by atoms with Gasteiger partial charge in [-0.25, -0.2) is 4.98 Å². The van der Waals surface area contributed by atoms with Crippen molar-refractivity contribution in [3.8, 4) is 22.4 Å². The zero-order valence-corrected chi connectivity index (χ0v) is 16.2. The van der Waals surface area contributed by atoms with Crippen molar-refractivity contribution < 1.29 is 4.42 Å². The number of hydrogen-bond donors (Lipinski definition) is 0. The third-order valence-electron chi connectivity index (χ3n) is 5.26. The number of nitrogens with zero attached hydrogens (tertiary/aromatic N) is 2. The number of aryl methyl sites for hydroxylation is 3. The van der Waals surface area contributed by atoms with E-state index in [1.54, 1.807) is 0 Å². The summed E-state index contributed by atoms with van der Waals surface area (Å²) in [5.41, 5.74) is 9.09. The fraction of sp³-hybridized carbons (Fsp3) is 0.120. The highest BCUT2D eigenvalue weighted by Crippen LogP contribution is 2.37. The quantitative estimate of drug-likeness (QED) is 0.353. The van der Waals surface area contributed by atoms with Gasteiger partial charge in [-0.2, -0.15) is 0 Å². The Hall–Kier alpha value is -3.46. The van der Waals surface area contributed by atoms with E-state index in [9.17, 15) is 0 Å². The molecular formula is C25H20N2O. The number of aromatic nitrogens is 2. The van der Waals surface area contributed by atoms with Crippen LogP contribution >= 0.6 is 0 Å². The summed E-state index contributed by atoms with van der Waals surface area (Å²) < 4.78 is 6.18. The fourth-order valence-corrected chi connectivity index (χ4v) is 3.69.